The summed E-state index contributed by atoms with van der Waals surface area (Å²) < 4.78 is 0. The van der Waals surface area contributed by atoms with Crippen molar-refractivity contribution >= 4 is 11.6 Å². The summed E-state index contributed by atoms with van der Waals surface area (Å²) >= 11 is 6.28. The summed E-state index contributed by atoms with van der Waals surface area (Å²) in [5.41, 5.74) is 2.73. The van der Waals surface area contributed by atoms with Crippen molar-refractivity contribution in [2.24, 2.45) is 11.8 Å². The van der Waals surface area contributed by atoms with E-state index in [9.17, 15) is 0 Å². The molecule has 0 N–H and O–H groups in total. The van der Waals surface area contributed by atoms with Crippen LogP contribution in [0.2, 0.25) is 5.02 Å². The zero-order chi connectivity index (χ0) is 14.3. The van der Waals surface area contributed by atoms with E-state index in [1.54, 1.807) is 0 Å². The van der Waals surface area contributed by atoms with E-state index in [1.165, 1.54) is 36.8 Å². The van der Waals surface area contributed by atoms with Crippen LogP contribution in [0.4, 0.5) is 0 Å². The first-order chi connectivity index (χ1) is 9.08. The first-order valence-electron chi connectivity index (χ1n) is 7.85. The van der Waals surface area contributed by atoms with Gasteiger partial charge in [0.25, 0.3) is 0 Å². The molecule has 1 aromatic rings. The maximum absolute atomic E-state index is 6.28. The fourth-order valence-corrected chi connectivity index (χ4v) is 2.89. The predicted molar refractivity (Wildman–Crippen MR) is 87.0 cm³/mol. The lowest BCUT2D eigenvalue weighted by molar-refractivity contribution is 0.335. The maximum atomic E-state index is 6.28. The smallest absolute Gasteiger partial charge is 0.0438 e. The van der Waals surface area contributed by atoms with Crippen LogP contribution in [0, 0.1) is 11.8 Å². The number of benzene rings is 1. The number of halogens is 1. The fraction of sp³-hybridized carbons (Fsp3) is 0.667. The lowest BCUT2D eigenvalue weighted by atomic mass is 9.87. The molecule has 2 atom stereocenters. The molecule has 0 aliphatic heterocycles. The summed E-state index contributed by atoms with van der Waals surface area (Å²) in [4.78, 5) is 0. The third-order valence-electron chi connectivity index (χ3n) is 4.34. The Hall–Kier alpha value is -0.490. The molecule has 108 valence electrons. The SMILES string of the molecule is CCCC(C)C(C)CCCc1cc(CC)ccc1Cl. The molecular weight excluding hydrogens is 252 g/mol. The lowest BCUT2D eigenvalue weighted by Gasteiger charge is -2.19. The third-order valence-corrected chi connectivity index (χ3v) is 4.71. The summed E-state index contributed by atoms with van der Waals surface area (Å²) in [5.74, 6) is 1.68. The monoisotopic (exact) mass is 280 g/mol. The Morgan fingerprint density at radius 3 is 2.37 bits per heavy atom. The topological polar surface area (TPSA) is 0 Å². The average molecular weight is 281 g/mol. The Labute approximate surface area is 124 Å². The molecule has 0 spiro atoms. The highest BCUT2D eigenvalue weighted by molar-refractivity contribution is 6.31. The van der Waals surface area contributed by atoms with Crippen LogP contribution in [0.25, 0.3) is 0 Å². The van der Waals surface area contributed by atoms with Gasteiger partial charge in [-0.1, -0.05) is 70.7 Å². The molecule has 1 rings (SSSR count). The van der Waals surface area contributed by atoms with Crippen LogP contribution in [0.5, 0.6) is 0 Å². The average Bonchev–Trinajstić information content (AvgIpc) is 2.41. The van der Waals surface area contributed by atoms with Crippen molar-refractivity contribution in [3.8, 4) is 0 Å². The standard InChI is InChI=1S/C18H29Cl/c1-5-8-14(3)15(4)9-7-10-17-13-16(6-2)11-12-18(17)19/h11-15H,5-10H2,1-4H3. The molecule has 1 heteroatoms. The van der Waals surface area contributed by atoms with E-state index in [4.69, 9.17) is 11.6 Å². The fourth-order valence-electron chi connectivity index (χ4n) is 2.68. The number of rotatable bonds is 8. The molecule has 0 bridgehead atoms. The molecule has 0 aromatic heterocycles. The molecule has 2 unspecified atom stereocenters. The van der Waals surface area contributed by atoms with Crippen molar-refractivity contribution in [1.29, 1.82) is 0 Å². The van der Waals surface area contributed by atoms with Crippen LogP contribution in [-0.4, -0.2) is 0 Å². The second-order valence-corrected chi connectivity index (χ2v) is 6.32. The number of hydrogen-bond acceptors (Lipinski definition) is 0. The highest BCUT2D eigenvalue weighted by Gasteiger charge is 2.11. The van der Waals surface area contributed by atoms with Crippen molar-refractivity contribution in [2.45, 2.75) is 66.2 Å². The van der Waals surface area contributed by atoms with Gasteiger partial charge in [-0.3, -0.25) is 0 Å². The van der Waals surface area contributed by atoms with Crippen LogP contribution in [0.15, 0.2) is 18.2 Å². The zero-order valence-electron chi connectivity index (χ0n) is 13.0. The largest absolute Gasteiger partial charge is 0.0840 e. The Balaban J connectivity index is 2.44. The molecule has 0 amide bonds. The van der Waals surface area contributed by atoms with Gasteiger partial charge in [-0.25, -0.2) is 0 Å². The van der Waals surface area contributed by atoms with Crippen molar-refractivity contribution in [3.05, 3.63) is 34.3 Å². The molecular formula is C18H29Cl. The quantitative estimate of drug-likeness (QED) is 0.524. The van der Waals surface area contributed by atoms with Crippen LogP contribution >= 0.6 is 11.6 Å². The van der Waals surface area contributed by atoms with Gasteiger partial charge in [-0.05, 0) is 48.3 Å². The molecule has 0 saturated heterocycles. The molecule has 0 aliphatic rings. The maximum Gasteiger partial charge on any atom is 0.0438 e. The number of aryl methyl sites for hydroxylation is 2. The molecule has 0 nitrogen and oxygen atoms in total. The van der Waals surface area contributed by atoms with E-state index in [0.29, 0.717) is 0 Å². The minimum Gasteiger partial charge on any atom is -0.0840 e. The molecule has 0 saturated carbocycles. The van der Waals surface area contributed by atoms with Crippen molar-refractivity contribution in [1.82, 2.24) is 0 Å². The molecule has 0 heterocycles. The normalized spacial score (nSPS) is 14.4. The van der Waals surface area contributed by atoms with Crippen LogP contribution in [0.3, 0.4) is 0 Å². The Bertz CT molecular complexity index is 370. The molecule has 19 heavy (non-hydrogen) atoms. The van der Waals surface area contributed by atoms with Gasteiger partial charge in [0.05, 0.1) is 0 Å². The van der Waals surface area contributed by atoms with E-state index in [-0.39, 0.29) is 0 Å². The zero-order valence-corrected chi connectivity index (χ0v) is 13.8. The minimum atomic E-state index is 0.827. The van der Waals surface area contributed by atoms with Gasteiger partial charge >= 0.3 is 0 Å². The highest BCUT2D eigenvalue weighted by atomic mass is 35.5. The summed E-state index contributed by atoms with van der Waals surface area (Å²) in [7, 11) is 0. The summed E-state index contributed by atoms with van der Waals surface area (Å²) in [6.45, 7) is 9.25. The van der Waals surface area contributed by atoms with E-state index >= 15 is 0 Å². The van der Waals surface area contributed by atoms with Gasteiger partial charge in [-0.15, -0.1) is 0 Å². The van der Waals surface area contributed by atoms with Gasteiger partial charge in [0, 0.05) is 5.02 Å². The lowest BCUT2D eigenvalue weighted by Crippen LogP contribution is -2.08. The van der Waals surface area contributed by atoms with E-state index in [0.717, 1.165) is 29.7 Å². The first-order valence-corrected chi connectivity index (χ1v) is 8.23. The molecule has 0 aliphatic carbocycles. The summed E-state index contributed by atoms with van der Waals surface area (Å²) in [6, 6.07) is 6.47. The Kier molecular flexibility index (Phi) is 7.53. The molecule has 0 fully saturated rings. The van der Waals surface area contributed by atoms with Crippen molar-refractivity contribution in [3.63, 3.8) is 0 Å². The van der Waals surface area contributed by atoms with E-state index in [2.05, 4.69) is 45.9 Å². The van der Waals surface area contributed by atoms with Gasteiger partial charge in [0.15, 0.2) is 0 Å². The Morgan fingerprint density at radius 1 is 1.05 bits per heavy atom. The van der Waals surface area contributed by atoms with Crippen molar-refractivity contribution < 1.29 is 0 Å². The summed E-state index contributed by atoms with van der Waals surface area (Å²) in [6.07, 6.45) is 7.43. The molecule has 0 radical (unpaired) electrons. The Morgan fingerprint density at radius 2 is 1.74 bits per heavy atom. The predicted octanol–water partition coefficient (Wildman–Crippen LogP) is 6.30. The highest BCUT2D eigenvalue weighted by Crippen LogP contribution is 2.24. The number of hydrogen-bond donors (Lipinski definition) is 0. The van der Waals surface area contributed by atoms with Crippen LogP contribution in [-0.2, 0) is 12.8 Å². The van der Waals surface area contributed by atoms with Gasteiger partial charge < -0.3 is 0 Å². The second-order valence-electron chi connectivity index (χ2n) is 5.91. The van der Waals surface area contributed by atoms with Crippen LogP contribution < -0.4 is 0 Å². The molecule has 1 aromatic carbocycles. The minimum absolute atomic E-state index is 0.827. The first kappa shape index (κ1) is 16.6. The summed E-state index contributed by atoms with van der Waals surface area (Å²) in [5, 5.41) is 0.937. The second kappa shape index (κ2) is 8.64. The van der Waals surface area contributed by atoms with E-state index < -0.39 is 0 Å². The van der Waals surface area contributed by atoms with Gasteiger partial charge in [0.2, 0.25) is 0 Å². The van der Waals surface area contributed by atoms with E-state index in [1.807, 2.05) is 0 Å². The third kappa shape index (κ3) is 5.57. The van der Waals surface area contributed by atoms with Crippen molar-refractivity contribution in [2.75, 3.05) is 0 Å². The van der Waals surface area contributed by atoms with Gasteiger partial charge in [0.1, 0.15) is 0 Å². The van der Waals surface area contributed by atoms with Gasteiger partial charge in [-0.2, -0.15) is 0 Å². The van der Waals surface area contributed by atoms with Crippen LogP contribution in [0.1, 0.15) is 64.5 Å².